The molecule has 0 aliphatic rings. The molecular formula is C10H9FN4. The number of anilines is 2. The van der Waals surface area contributed by atoms with Gasteiger partial charge < -0.3 is 11.5 Å². The Morgan fingerprint density at radius 3 is 2.53 bits per heavy atom. The average molecular weight is 204 g/mol. The van der Waals surface area contributed by atoms with Crippen LogP contribution in [0, 0.1) is 5.82 Å². The van der Waals surface area contributed by atoms with Crippen molar-refractivity contribution in [3.05, 3.63) is 36.3 Å². The lowest BCUT2D eigenvalue weighted by Crippen LogP contribution is -2.01. The Hall–Kier alpha value is -2.17. The number of aromatic nitrogens is 2. The van der Waals surface area contributed by atoms with Crippen LogP contribution in [0.15, 0.2) is 30.5 Å². The van der Waals surface area contributed by atoms with Crippen molar-refractivity contribution in [3.8, 4) is 11.4 Å². The number of rotatable bonds is 1. The molecule has 0 saturated heterocycles. The normalized spacial score (nSPS) is 10.2. The van der Waals surface area contributed by atoms with E-state index < -0.39 is 0 Å². The maximum atomic E-state index is 13.4. The van der Waals surface area contributed by atoms with Crippen LogP contribution in [0.2, 0.25) is 0 Å². The number of nitrogens with zero attached hydrogens (tertiary/aromatic N) is 2. The van der Waals surface area contributed by atoms with Gasteiger partial charge in [0.05, 0.1) is 17.4 Å². The number of nitrogen functional groups attached to an aromatic ring is 2. The van der Waals surface area contributed by atoms with Crippen molar-refractivity contribution in [2.24, 2.45) is 0 Å². The molecule has 4 nitrogen and oxygen atoms in total. The maximum absolute atomic E-state index is 13.4. The van der Waals surface area contributed by atoms with E-state index in [-0.39, 0.29) is 23.1 Å². The predicted molar refractivity (Wildman–Crippen MR) is 56.3 cm³/mol. The number of hydrogen-bond donors (Lipinski definition) is 2. The van der Waals surface area contributed by atoms with Crippen molar-refractivity contribution in [1.29, 1.82) is 0 Å². The fraction of sp³-hybridized carbons (Fsp3) is 0. The van der Waals surface area contributed by atoms with Crippen molar-refractivity contribution in [3.63, 3.8) is 0 Å². The van der Waals surface area contributed by atoms with Crippen LogP contribution >= 0.6 is 0 Å². The molecule has 4 N–H and O–H groups in total. The summed E-state index contributed by atoms with van der Waals surface area (Å²) in [6.07, 6.45) is 1.37. The Balaban J connectivity index is 2.55. The molecule has 76 valence electrons. The van der Waals surface area contributed by atoms with Crippen molar-refractivity contribution in [1.82, 2.24) is 9.97 Å². The molecule has 0 aliphatic carbocycles. The van der Waals surface area contributed by atoms with E-state index in [1.807, 2.05) is 0 Å². The van der Waals surface area contributed by atoms with Gasteiger partial charge in [-0.3, -0.25) is 0 Å². The van der Waals surface area contributed by atoms with Gasteiger partial charge >= 0.3 is 0 Å². The van der Waals surface area contributed by atoms with Gasteiger partial charge in [-0.15, -0.1) is 0 Å². The fourth-order valence-corrected chi connectivity index (χ4v) is 1.18. The fourth-order valence-electron chi connectivity index (χ4n) is 1.18. The molecule has 0 atom stereocenters. The van der Waals surface area contributed by atoms with E-state index in [0.717, 1.165) is 0 Å². The lowest BCUT2D eigenvalue weighted by molar-refractivity contribution is 0.630. The van der Waals surface area contributed by atoms with Gasteiger partial charge in [0, 0.05) is 0 Å². The van der Waals surface area contributed by atoms with Crippen molar-refractivity contribution in [2.45, 2.75) is 0 Å². The van der Waals surface area contributed by atoms with Crippen LogP contribution < -0.4 is 11.5 Å². The van der Waals surface area contributed by atoms with Crippen LogP contribution in [-0.4, -0.2) is 9.97 Å². The van der Waals surface area contributed by atoms with Gasteiger partial charge in [0.2, 0.25) is 0 Å². The van der Waals surface area contributed by atoms with Crippen LogP contribution in [0.5, 0.6) is 0 Å². The average Bonchev–Trinajstić information content (AvgIpc) is 2.23. The summed E-state index contributed by atoms with van der Waals surface area (Å²) >= 11 is 0. The van der Waals surface area contributed by atoms with Gasteiger partial charge in [0.15, 0.2) is 11.6 Å². The minimum absolute atomic E-state index is 0.156. The highest BCUT2D eigenvalue weighted by molar-refractivity contribution is 5.63. The molecule has 0 unspecified atom stereocenters. The Labute approximate surface area is 85.8 Å². The molecule has 0 aliphatic heterocycles. The van der Waals surface area contributed by atoms with Gasteiger partial charge in [-0.25, -0.2) is 14.4 Å². The Morgan fingerprint density at radius 1 is 1.13 bits per heavy atom. The highest BCUT2D eigenvalue weighted by Gasteiger charge is 2.08. The molecule has 2 aromatic rings. The van der Waals surface area contributed by atoms with E-state index in [9.17, 15) is 4.39 Å². The topological polar surface area (TPSA) is 77.8 Å². The van der Waals surface area contributed by atoms with Gasteiger partial charge in [0.1, 0.15) is 5.82 Å². The van der Waals surface area contributed by atoms with Crippen LogP contribution in [0.3, 0.4) is 0 Å². The monoisotopic (exact) mass is 204 g/mol. The molecule has 2 rings (SSSR count). The summed E-state index contributed by atoms with van der Waals surface area (Å²) in [5, 5.41) is 0. The molecule has 5 heteroatoms. The minimum atomic E-state index is -0.387. The van der Waals surface area contributed by atoms with E-state index in [1.165, 1.54) is 12.3 Å². The second-order valence-corrected chi connectivity index (χ2v) is 3.01. The second kappa shape index (κ2) is 3.53. The summed E-state index contributed by atoms with van der Waals surface area (Å²) in [6.45, 7) is 0. The summed E-state index contributed by atoms with van der Waals surface area (Å²) in [6, 6.07) is 6.22. The van der Waals surface area contributed by atoms with Gasteiger partial charge in [-0.05, 0) is 12.1 Å². The third-order valence-electron chi connectivity index (χ3n) is 1.96. The number of benzene rings is 1. The van der Waals surface area contributed by atoms with E-state index >= 15 is 0 Å². The number of halogens is 1. The standard InChI is InChI=1S/C10H9FN4/c11-7-4-2-1-3-6(7)10-14-5-8(12)9(13)15-10/h1-5H,12H2,(H2,13,14,15). The van der Waals surface area contributed by atoms with Crippen molar-refractivity contribution < 1.29 is 4.39 Å². The SMILES string of the molecule is Nc1cnc(-c2ccccc2F)nc1N. The summed E-state index contributed by atoms with van der Waals surface area (Å²) < 4.78 is 13.4. The highest BCUT2D eigenvalue weighted by Crippen LogP contribution is 2.20. The Bertz CT molecular complexity index is 499. The summed E-state index contributed by atoms with van der Waals surface area (Å²) in [4.78, 5) is 7.82. The van der Waals surface area contributed by atoms with E-state index in [0.29, 0.717) is 5.56 Å². The summed E-state index contributed by atoms with van der Waals surface area (Å²) in [7, 11) is 0. The summed E-state index contributed by atoms with van der Waals surface area (Å²) in [5.74, 6) is 0.00437. The minimum Gasteiger partial charge on any atom is -0.394 e. The Morgan fingerprint density at radius 2 is 1.87 bits per heavy atom. The van der Waals surface area contributed by atoms with Crippen molar-refractivity contribution in [2.75, 3.05) is 11.5 Å². The van der Waals surface area contributed by atoms with Crippen LogP contribution in [0.1, 0.15) is 0 Å². The van der Waals surface area contributed by atoms with Gasteiger partial charge in [0.25, 0.3) is 0 Å². The smallest absolute Gasteiger partial charge is 0.164 e. The van der Waals surface area contributed by atoms with Gasteiger partial charge in [-0.1, -0.05) is 12.1 Å². The Kier molecular flexibility index (Phi) is 2.21. The largest absolute Gasteiger partial charge is 0.394 e. The molecule has 0 amide bonds. The molecule has 0 spiro atoms. The number of hydrogen-bond acceptors (Lipinski definition) is 4. The van der Waals surface area contributed by atoms with E-state index in [4.69, 9.17) is 11.5 Å². The lowest BCUT2D eigenvalue weighted by Gasteiger charge is -2.03. The molecule has 0 saturated carbocycles. The molecule has 1 aromatic heterocycles. The highest BCUT2D eigenvalue weighted by atomic mass is 19.1. The third-order valence-corrected chi connectivity index (χ3v) is 1.96. The first-order valence-corrected chi connectivity index (χ1v) is 4.31. The van der Waals surface area contributed by atoms with Gasteiger partial charge in [-0.2, -0.15) is 0 Å². The first-order chi connectivity index (χ1) is 7.18. The zero-order valence-electron chi connectivity index (χ0n) is 7.81. The van der Waals surface area contributed by atoms with E-state index in [1.54, 1.807) is 18.2 Å². The van der Waals surface area contributed by atoms with Crippen LogP contribution in [0.25, 0.3) is 11.4 Å². The molecule has 15 heavy (non-hydrogen) atoms. The molecule has 0 fully saturated rings. The first kappa shape index (κ1) is 9.39. The lowest BCUT2D eigenvalue weighted by atomic mass is 10.2. The predicted octanol–water partition coefficient (Wildman–Crippen LogP) is 1.45. The zero-order chi connectivity index (χ0) is 10.8. The van der Waals surface area contributed by atoms with Crippen molar-refractivity contribution >= 4 is 11.5 Å². The number of nitrogens with two attached hydrogens (primary N) is 2. The zero-order valence-corrected chi connectivity index (χ0v) is 7.81. The molecule has 1 heterocycles. The quantitative estimate of drug-likeness (QED) is 0.736. The third kappa shape index (κ3) is 1.71. The summed E-state index contributed by atoms with van der Waals surface area (Å²) in [5.41, 5.74) is 11.6. The second-order valence-electron chi connectivity index (χ2n) is 3.01. The van der Waals surface area contributed by atoms with Crippen LogP contribution in [-0.2, 0) is 0 Å². The first-order valence-electron chi connectivity index (χ1n) is 4.31. The van der Waals surface area contributed by atoms with E-state index in [2.05, 4.69) is 9.97 Å². The molecule has 0 bridgehead atoms. The molecule has 1 aromatic carbocycles. The van der Waals surface area contributed by atoms with Crippen LogP contribution in [0.4, 0.5) is 15.9 Å². The molecule has 0 radical (unpaired) electrons. The molecular weight excluding hydrogens is 195 g/mol. The maximum Gasteiger partial charge on any atom is 0.164 e.